The number of fused-ring (bicyclic) bond motifs is 1. The summed E-state index contributed by atoms with van der Waals surface area (Å²) in [6.07, 6.45) is 3.31. The Morgan fingerprint density at radius 3 is 2.52 bits per heavy atom. The van der Waals surface area contributed by atoms with Crippen molar-refractivity contribution in [3.63, 3.8) is 0 Å². The highest BCUT2D eigenvalue weighted by Crippen LogP contribution is 2.24. The van der Waals surface area contributed by atoms with E-state index in [0.717, 1.165) is 24.3 Å². The summed E-state index contributed by atoms with van der Waals surface area (Å²) in [7, 11) is 2.00. The molecule has 0 aliphatic carbocycles. The minimum absolute atomic E-state index is 0.0296. The monoisotopic (exact) mass is 411 g/mol. The molecule has 2 aromatic carbocycles. The SMILES string of the molecule is CN1CC(C(=O)Nc2ccc(-c3nc4ccccc4c(=O)n3-c3cccnc3)cc2)C1. The number of hydrogen-bond acceptors (Lipinski definition) is 5. The van der Waals surface area contributed by atoms with E-state index in [0.29, 0.717) is 22.4 Å². The molecule has 1 fully saturated rings. The van der Waals surface area contributed by atoms with Gasteiger partial charge in [0, 0.05) is 30.5 Å². The van der Waals surface area contributed by atoms with Gasteiger partial charge in [-0.25, -0.2) is 4.98 Å². The number of likely N-dealkylation sites (tertiary alicyclic amines) is 1. The molecule has 4 aromatic rings. The van der Waals surface area contributed by atoms with Gasteiger partial charge in [-0.05, 0) is 55.6 Å². The standard InChI is InChI=1S/C24H21N5O2/c1-28-14-17(15-28)23(30)26-18-10-8-16(9-11-18)22-27-21-7-3-2-6-20(21)24(31)29(22)19-5-4-12-25-13-19/h2-13,17H,14-15H2,1H3,(H,26,30). The molecule has 7 nitrogen and oxygen atoms in total. The van der Waals surface area contributed by atoms with Crippen LogP contribution in [-0.2, 0) is 4.79 Å². The molecular formula is C24H21N5O2. The molecule has 154 valence electrons. The molecule has 0 unspecified atom stereocenters. The van der Waals surface area contributed by atoms with Gasteiger partial charge in [-0.15, -0.1) is 0 Å². The van der Waals surface area contributed by atoms with E-state index in [-0.39, 0.29) is 17.4 Å². The number of nitrogens with one attached hydrogen (secondary N) is 1. The summed E-state index contributed by atoms with van der Waals surface area (Å²) in [5.74, 6) is 0.583. The van der Waals surface area contributed by atoms with E-state index in [2.05, 4.69) is 15.2 Å². The molecule has 0 saturated carbocycles. The van der Waals surface area contributed by atoms with Gasteiger partial charge in [0.05, 0.1) is 28.7 Å². The Morgan fingerprint density at radius 2 is 1.81 bits per heavy atom. The molecule has 0 spiro atoms. The second-order valence-electron chi connectivity index (χ2n) is 7.79. The minimum Gasteiger partial charge on any atom is -0.326 e. The highest BCUT2D eigenvalue weighted by molar-refractivity contribution is 5.93. The number of carbonyl (C=O) groups is 1. The zero-order valence-electron chi connectivity index (χ0n) is 17.0. The number of pyridine rings is 1. The first-order valence-corrected chi connectivity index (χ1v) is 10.1. The van der Waals surface area contributed by atoms with Crippen molar-refractivity contribution in [3.8, 4) is 17.1 Å². The number of para-hydroxylation sites is 1. The first-order valence-electron chi connectivity index (χ1n) is 10.1. The number of anilines is 1. The molecule has 7 heteroatoms. The third-order valence-corrected chi connectivity index (χ3v) is 5.53. The summed E-state index contributed by atoms with van der Waals surface area (Å²) in [4.78, 5) is 36.7. The first kappa shape index (κ1) is 19.1. The van der Waals surface area contributed by atoms with Crippen molar-refractivity contribution in [2.75, 3.05) is 25.5 Å². The molecule has 0 bridgehead atoms. The third kappa shape index (κ3) is 3.60. The second kappa shape index (κ2) is 7.77. The van der Waals surface area contributed by atoms with Gasteiger partial charge in [0.25, 0.3) is 5.56 Å². The van der Waals surface area contributed by atoms with Crippen molar-refractivity contribution in [2.45, 2.75) is 0 Å². The van der Waals surface area contributed by atoms with Gasteiger partial charge in [-0.3, -0.25) is 19.1 Å². The summed E-state index contributed by atoms with van der Waals surface area (Å²) in [6.45, 7) is 1.56. The molecular weight excluding hydrogens is 390 g/mol. The van der Waals surface area contributed by atoms with Crippen LogP contribution in [0.4, 0.5) is 5.69 Å². The molecule has 3 heterocycles. The van der Waals surface area contributed by atoms with Gasteiger partial charge in [0.15, 0.2) is 0 Å². The summed E-state index contributed by atoms with van der Waals surface area (Å²) in [5, 5.41) is 3.51. The number of nitrogens with zero attached hydrogens (tertiary/aromatic N) is 4. The smallest absolute Gasteiger partial charge is 0.266 e. The van der Waals surface area contributed by atoms with Crippen molar-refractivity contribution < 1.29 is 4.79 Å². The van der Waals surface area contributed by atoms with E-state index in [4.69, 9.17) is 4.98 Å². The van der Waals surface area contributed by atoms with E-state index in [1.165, 1.54) is 0 Å². The van der Waals surface area contributed by atoms with E-state index in [1.54, 1.807) is 29.1 Å². The van der Waals surface area contributed by atoms with Crippen LogP contribution in [0.2, 0.25) is 0 Å². The highest BCUT2D eigenvalue weighted by atomic mass is 16.2. The lowest BCUT2D eigenvalue weighted by Gasteiger charge is -2.34. The van der Waals surface area contributed by atoms with E-state index in [1.807, 2.05) is 55.6 Å². The molecule has 1 amide bonds. The molecule has 0 radical (unpaired) electrons. The number of hydrogen-bond donors (Lipinski definition) is 1. The van der Waals surface area contributed by atoms with Gasteiger partial charge < -0.3 is 10.2 Å². The van der Waals surface area contributed by atoms with Crippen molar-refractivity contribution in [1.29, 1.82) is 0 Å². The quantitative estimate of drug-likeness (QED) is 0.559. The summed E-state index contributed by atoms with van der Waals surface area (Å²) < 4.78 is 1.58. The topological polar surface area (TPSA) is 80.1 Å². The molecule has 31 heavy (non-hydrogen) atoms. The highest BCUT2D eigenvalue weighted by Gasteiger charge is 2.29. The predicted octanol–water partition coefficient (Wildman–Crippen LogP) is 2.95. The zero-order chi connectivity index (χ0) is 21.4. The number of benzene rings is 2. The molecule has 1 aliphatic rings. The van der Waals surface area contributed by atoms with Gasteiger partial charge >= 0.3 is 0 Å². The van der Waals surface area contributed by atoms with Crippen LogP contribution in [0.3, 0.4) is 0 Å². The Bertz CT molecular complexity index is 1310. The minimum atomic E-state index is -0.153. The molecule has 1 saturated heterocycles. The van der Waals surface area contributed by atoms with Crippen molar-refractivity contribution in [3.05, 3.63) is 83.4 Å². The van der Waals surface area contributed by atoms with Crippen LogP contribution in [-0.4, -0.2) is 45.5 Å². The number of amides is 1. The summed E-state index contributed by atoms with van der Waals surface area (Å²) >= 11 is 0. The summed E-state index contributed by atoms with van der Waals surface area (Å²) in [6, 6.07) is 18.3. The Labute approximate surface area is 179 Å². The zero-order valence-corrected chi connectivity index (χ0v) is 17.0. The fraction of sp³-hybridized carbons (Fsp3) is 0.167. The lowest BCUT2D eigenvalue weighted by molar-refractivity contribution is -0.124. The molecule has 2 aromatic heterocycles. The fourth-order valence-corrected chi connectivity index (χ4v) is 3.86. The Hall–Kier alpha value is -3.84. The number of aromatic nitrogens is 3. The lowest BCUT2D eigenvalue weighted by atomic mass is 10.0. The van der Waals surface area contributed by atoms with Crippen molar-refractivity contribution in [2.24, 2.45) is 5.92 Å². The van der Waals surface area contributed by atoms with Crippen LogP contribution >= 0.6 is 0 Å². The van der Waals surface area contributed by atoms with Crippen molar-refractivity contribution >= 4 is 22.5 Å². The maximum atomic E-state index is 13.3. The third-order valence-electron chi connectivity index (χ3n) is 5.53. The fourth-order valence-electron chi connectivity index (χ4n) is 3.86. The number of rotatable bonds is 4. The Balaban J connectivity index is 1.55. The number of carbonyl (C=O) groups excluding carboxylic acids is 1. The average Bonchev–Trinajstić information content (AvgIpc) is 2.78. The van der Waals surface area contributed by atoms with Crippen LogP contribution in [0.1, 0.15) is 0 Å². The van der Waals surface area contributed by atoms with Crippen LogP contribution in [0.15, 0.2) is 77.9 Å². The predicted molar refractivity (Wildman–Crippen MR) is 120 cm³/mol. The average molecular weight is 411 g/mol. The normalized spacial score (nSPS) is 14.4. The van der Waals surface area contributed by atoms with Gasteiger partial charge in [0.1, 0.15) is 5.82 Å². The van der Waals surface area contributed by atoms with Crippen molar-refractivity contribution in [1.82, 2.24) is 19.4 Å². The Kier molecular flexibility index (Phi) is 4.80. The Morgan fingerprint density at radius 1 is 1.03 bits per heavy atom. The van der Waals surface area contributed by atoms with E-state index < -0.39 is 0 Å². The lowest BCUT2D eigenvalue weighted by Crippen LogP contribution is -2.49. The van der Waals surface area contributed by atoms with E-state index in [9.17, 15) is 9.59 Å². The van der Waals surface area contributed by atoms with Gasteiger partial charge in [0.2, 0.25) is 5.91 Å². The second-order valence-corrected chi connectivity index (χ2v) is 7.79. The molecule has 1 aliphatic heterocycles. The maximum absolute atomic E-state index is 13.3. The van der Waals surface area contributed by atoms with Crippen LogP contribution in [0.25, 0.3) is 28.0 Å². The van der Waals surface area contributed by atoms with Gasteiger partial charge in [-0.1, -0.05) is 12.1 Å². The largest absolute Gasteiger partial charge is 0.326 e. The van der Waals surface area contributed by atoms with Crippen LogP contribution in [0.5, 0.6) is 0 Å². The van der Waals surface area contributed by atoms with Crippen LogP contribution in [0, 0.1) is 5.92 Å². The molecule has 5 rings (SSSR count). The summed E-state index contributed by atoms with van der Waals surface area (Å²) in [5.41, 5.74) is 2.62. The van der Waals surface area contributed by atoms with Crippen LogP contribution < -0.4 is 10.9 Å². The first-order chi connectivity index (χ1) is 15.1. The van der Waals surface area contributed by atoms with E-state index >= 15 is 0 Å². The molecule has 1 N–H and O–H groups in total. The molecule has 0 atom stereocenters. The van der Waals surface area contributed by atoms with Gasteiger partial charge in [-0.2, -0.15) is 0 Å². The maximum Gasteiger partial charge on any atom is 0.266 e.